The smallest absolute Gasteiger partial charge is 0.408 e. The van der Waals surface area contributed by atoms with Crippen molar-refractivity contribution in [2.75, 3.05) is 0 Å². The number of hydrogen-bond acceptors (Lipinski definition) is 8. The zero-order chi connectivity index (χ0) is 38.3. The van der Waals surface area contributed by atoms with Crippen molar-refractivity contribution >= 4 is 24.0 Å². The summed E-state index contributed by atoms with van der Waals surface area (Å²) in [5.74, 6) is -1.08. The van der Waals surface area contributed by atoms with Crippen LogP contribution < -0.4 is 21.3 Å². The van der Waals surface area contributed by atoms with Gasteiger partial charge in [-0.1, -0.05) is 88.4 Å². The maximum absolute atomic E-state index is 14.0. The highest BCUT2D eigenvalue weighted by Crippen LogP contribution is 2.18. The number of benzene rings is 2. The summed E-state index contributed by atoms with van der Waals surface area (Å²) >= 11 is 0. The molecule has 0 fully saturated rings. The van der Waals surface area contributed by atoms with E-state index in [1.165, 1.54) is 6.33 Å². The van der Waals surface area contributed by atoms with Crippen molar-refractivity contribution in [2.45, 2.75) is 117 Å². The Morgan fingerprint density at radius 1 is 0.750 bits per heavy atom. The lowest BCUT2D eigenvalue weighted by Crippen LogP contribution is -2.58. The number of nitrogens with one attached hydrogen (secondary N) is 5. The van der Waals surface area contributed by atoms with Crippen LogP contribution in [0.5, 0.6) is 0 Å². The van der Waals surface area contributed by atoms with Crippen LogP contribution in [0.3, 0.4) is 0 Å². The fourth-order valence-corrected chi connectivity index (χ4v) is 5.55. The second-order valence-corrected chi connectivity index (χ2v) is 14.8. The van der Waals surface area contributed by atoms with Crippen LogP contribution in [-0.4, -0.2) is 74.9 Å². The number of carbonyl (C=O) groups excluding carboxylic acids is 4. The number of H-pyrrole nitrogens is 1. The molecule has 0 aliphatic rings. The quantitative estimate of drug-likeness (QED) is 0.108. The lowest BCUT2D eigenvalue weighted by atomic mass is 9.90. The van der Waals surface area contributed by atoms with Gasteiger partial charge in [-0.05, 0) is 56.6 Å². The number of hydrogen-bond donors (Lipinski definition) is 6. The van der Waals surface area contributed by atoms with Crippen molar-refractivity contribution in [3.05, 3.63) is 90.0 Å². The molecule has 0 aliphatic heterocycles. The molecule has 3 aromatic rings. The van der Waals surface area contributed by atoms with E-state index in [1.54, 1.807) is 27.0 Å². The first-order valence-electron chi connectivity index (χ1n) is 17.9. The molecular weight excluding hydrogens is 664 g/mol. The lowest BCUT2D eigenvalue weighted by Gasteiger charge is -2.32. The van der Waals surface area contributed by atoms with Gasteiger partial charge >= 0.3 is 12.2 Å². The van der Waals surface area contributed by atoms with Crippen molar-refractivity contribution in [3.8, 4) is 0 Å². The van der Waals surface area contributed by atoms with Crippen LogP contribution in [-0.2, 0) is 38.5 Å². The number of imidazole rings is 1. The maximum atomic E-state index is 14.0. The zero-order valence-corrected chi connectivity index (χ0v) is 31.3. The summed E-state index contributed by atoms with van der Waals surface area (Å²) in [6.07, 6.45) is 1.40. The average Bonchev–Trinajstić information content (AvgIpc) is 3.59. The van der Waals surface area contributed by atoms with Gasteiger partial charge in [0.2, 0.25) is 11.8 Å². The standard InChI is InChI=1S/C39H56N6O7/c1-25(2)18-31(34(46)21-30(26(3)4)44-37(49)51-23-28-16-12-9-13-17-28)42-36(48)33(20-29-22-40-24-41-29)43-35(47)32(19-27-14-10-8-11-15-27)45-38(50)52-39(5,6)7/h8-17,22,24-26,30-34,46H,18-21,23H2,1-7H3,(H,40,41)(H,42,48)(H,43,47)(H,44,49)(H,45,50)/t30-,31-,32-,33-,34-/m0/s1. The molecule has 2 aromatic carbocycles. The number of aromatic nitrogens is 2. The Morgan fingerprint density at radius 3 is 1.90 bits per heavy atom. The van der Waals surface area contributed by atoms with Crippen LogP contribution in [0.15, 0.2) is 73.2 Å². The molecule has 13 nitrogen and oxygen atoms in total. The van der Waals surface area contributed by atoms with E-state index >= 15 is 0 Å². The van der Waals surface area contributed by atoms with Crippen molar-refractivity contribution in [2.24, 2.45) is 11.8 Å². The number of aliphatic hydroxyl groups is 1. The topological polar surface area (TPSA) is 184 Å². The fraction of sp³-hybridized carbons (Fsp3) is 0.513. The predicted octanol–water partition coefficient (Wildman–Crippen LogP) is 4.81. The Hall–Kier alpha value is -4.91. The van der Waals surface area contributed by atoms with Crippen molar-refractivity contribution < 1.29 is 33.8 Å². The number of aromatic amines is 1. The molecule has 5 atom stereocenters. The van der Waals surface area contributed by atoms with Gasteiger partial charge in [-0.25, -0.2) is 14.6 Å². The number of nitrogens with zero attached hydrogens (tertiary/aromatic N) is 1. The van der Waals surface area contributed by atoms with Gasteiger partial charge in [-0.3, -0.25) is 9.59 Å². The first kappa shape index (κ1) is 41.5. The maximum Gasteiger partial charge on any atom is 0.408 e. The molecule has 0 aliphatic carbocycles. The Morgan fingerprint density at radius 2 is 1.35 bits per heavy atom. The number of aliphatic hydroxyl groups excluding tert-OH is 1. The molecular formula is C39H56N6O7. The molecule has 0 bridgehead atoms. The molecule has 0 radical (unpaired) electrons. The second-order valence-electron chi connectivity index (χ2n) is 14.8. The number of carbonyl (C=O) groups is 4. The second kappa shape index (κ2) is 20.2. The van der Waals surface area contributed by atoms with E-state index in [4.69, 9.17) is 9.47 Å². The van der Waals surface area contributed by atoms with Crippen LogP contribution >= 0.6 is 0 Å². The van der Waals surface area contributed by atoms with Gasteiger partial charge in [0.15, 0.2) is 0 Å². The third-order valence-corrected chi connectivity index (χ3v) is 8.24. The highest BCUT2D eigenvalue weighted by atomic mass is 16.6. The van der Waals surface area contributed by atoms with Gasteiger partial charge in [0, 0.05) is 30.8 Å². The Balaban J connectivity index is 1.77. The van der Waals surface area contributed by atoms with Crippen molar-refractivity contribution in [1.29, 1.82) is 0 Å². The summed E-state index contributed by atoms with van der Waals surface area (Å²) in [5, 5.41) is 22.9. The average molecular weight is 721 g/mol. The summed E-state index contributed by atoms with van der Waals surface area (Å²) in [5.41, 5.74) is 1.45. The first-order chi connectivity index (χ1) is 24.6. The van der Waals surface area contributed by atoms with Crippen LogP contribution in [0.4, 0.5) is 9.59 Å². The Labute approximate surface area is 307 Å². The highest BCUT2D eigenvalue weighted by molar-refractivity contribution is 5.91. The molecule has 0 saturated carbocycles. The molecule has 284 valence electrons. The fourth-order valence-electron chi connectivity index (χ4n) is 5.55. The van der Waals surface area contributed by atoms with Gasteiger partial charge < -0.3 is 40.8 Å². The summed E-state index contributed by atoms with van der Waals surface area (Å²) in [4.78, 5) is 60.4. The predicted molar refractivity (Wildman–Crippen MR) is 198 cm³/mol. The molecule has 6 N–H and O–H groups in total. The summed E-state index contributed by atoms with van der Waals surface area (Å²) in [7, 11) is 0. The molecule has 13 heteroatoms. The van der Waals surface area contributed by atoms with E-state index in [1.807, 2.05) is 88.4 Å². The van der Waals surface area contributed by atoms with Gasteiger partial charge in [-0.2, -0.15) is 0 Å². The molecule has 0 spiro atoms. The lowest BCUT2D eigenvalue weighted by molar-refractivity contribution is -0.131. The van der Waals surface area contributed by atoms with Gasteiger partial charge in [0.05, 0.1) is 18.5 Å². The van der Waals surface area contributed by atoms with E-state index in [0.29, 0.717) is 12.1 Å². The minimum absolute atomic E-state index is 0.0548. The molecule has 3 rings (SSSR count). The number of alkyl carbamates (subject to hydrolysis) is 2. The molecule has 0 saturated heterocycles. The first-order valence-corrected chi connectivity index (χ1v) is 17.9. The monoisotopic (exact) mass is 720 g/mol. The summed E-state index contributed by atoms with van der Waals surface area (Å²) < 4.78 is 10.9. The number of ether oxygens (including phenoxy) is 2. The summed E-state index contributed by atoms with van der Waals surface area (Å²) in [6.45, 7) is 13.1. The number of amides is 4. The number of rotatable bonds is 18. The Bertz CT molecular complexity index is 1530. The van der Waals surface area contributed by atoms with E-state index in [2.05, 4.69) is 31.2 Å². The van der Waals surface area contributed by atoms with E-state index in [-0.39, 0.29) is 37.7 Å². The highest BCUT2D eigenvalue weighted by Gasteiger charge is 2.33. The minimum Gasteiger partial charge on any atom is -0.445 e. The Kier molecular flexibility index (Phi) is 16.1. The van der Waals surface area contributed by atoms with E-state index in [9.17, 15) is 24.3 Å². The van der Waals surface area contributed by atoms with Crippen LogP contribution in [0, 0.1) is 11.8 Å². The minimum atomic E-state index is -1.10. The van der Waals surface area contributed by atoms with Crippen LogP contribution in [0.1, 0.15) is 78.1 Å². The molecule has 52 heavy (non-hydrogen) atoms. The van der Waals surface area contributed by atoms with Crippen molar-refractivity contribution in [3.63, 3.8) is 0 Å². The molecule has 4 amide bonds. The zero-order valence-electron chi connectivity index (χ0n) is 31.3. The van der Waals surface area contributed by atoms with Crippen molar-refractivity contribution in [1.82, 2.24) is 31.2 Å². The molecule has 0 unspecified atom stereocenters. The van der Waals surface area contributed by atoms with Crippen LogP contribution in [0.25, 0.3) is 0 Å². The normalized spacial score (nSPS) is 14.4. The molecule has 1 aromatic heterocycles. The van der Waals surface area contributed by atoms with Gasteiger partial charge in [0.1, 0.15) is 24.3 Å². The van der Waals surface area contributed by atoms with E-state index < -0.39 is 59.9 Å². The largest absolute Gasteiger partial charge is 0.445 e. The van der Waals surface area contributed by atoms with Gasteiger partial charge in [0.25, 0.3) is 0 Å². The third kappa shape index (κ3) is 15.1. The van der Waals surface area contributed by atoms with Gasteiger partial charge in [-0.15, -0.1) is 0 Å². The van der Waals surface area contributed by atoms with E-state index in [0.717, 1.165) is 11.1 Å². The third-order valence-electron chi connectivity index (χ3n) is 8.24. The summed E-state index contributed by atoms with van der Waals surface area (Å²) in [6, 6.07) is 15.2. The van der Waals surface area contributed by atoms with Crippen LogP contribution in [0.2, 0.25) is 0 Å². The SMILES string of the molecule is CC(C)C[C@H](NC(=O)[C@H](Cc1cnc[nH]1)NC(=O)[C@H](Cc1ccccc1)NC(=O)OC(C)(C)C)[C@@H](O)C[C@H](NC(=O)OCc1ccccc1)C(C)C. The molecule has 1 heterocycles.